The van der Waals surface area contributed by atoms with Gasteiger partial charge in [-0.05, 0) is 37.2 Å². The van der Waals surface area contributed by atoms with Gasteiger partial charge in [-0.3, -0.25) is 0 Å². The molecule has 0 atom stereocenters. The van der Waals surface area contributed by atoms with Gasteiger partial charge in [-0.25, -0.2) is 23.1 Å². The van der Waals surface area contributed by atoms with Crippen molar-refractivity contribution in [2.24, 2.45) is 0 Å². The SMILES string of the molecule is CNCc1cccc(S(=O)(=O)Nc2ncccn2)c1C. The minimum atomic E-state index is -3.69. The molecule has 0 spiro atoms. The number of nitrogens with zero attached hydrogens (tertiary/aromatic N) is 2. The molecular weight excluding hydrogens is 276 g/mol. The highest BCUT2D eigenvalue weighted by Gasteiger charge is 2.19. The lowest BCUT2D eigenvalue weighted by molar-refractivity contribution is 0.600. The molecule has 0 radical (unpaired) electrons. The second-order valence-corrected chi connectivity index (χ2v) is 5.90. The highest BCUT2D eigenvalue weighted by molar-refractivity contribution is 7.92. The minimum absolute atomic E-state index is 0.0610. The van der Waals surface area contributed by atoms with Gasteiger partial charge in [0.25, 0.3) is 10.0 Å². The highest BCUT2D eigenvalue weighted by atomic mass is 32.2. The van der Waals surface area contributed by atoms with Crippen LogP contribution in [0, 0.1) is 6.92 Å². The van der Waals surface area contributed by atoms with E-state index in [2.05, 4.69) is 20.0 Å². The third kappa shape index (κ3) is 3.12. The molecule has 2 N–H and O–H groups in total. The van der Waals surface area contributed by atoms with Gasteiger partial charge in [0.2, 0.25) is 5.95 Å². The normalized spacial score (nSPS) is 11.3. The maximum absolute atomic E-state index is 12.4. The lowest BCUT2D eigenvalue weighted by Gasteiger charge is -2.12. The Morgan fingerprint density at radius 2 is 1.85 bits per heavy atom. The zero-order valence-electron chi connectivity index (χ0n) is 11.3. The van der Waals surface area contributed by atoms with Crippen molar-refractivity contribution in [2.75, 3.05) is 11.8 Å². The Hall–Kier alpha value is -1.99. The molecule has 20 heavy (non-hydrogen) atoms. The summed E-state index contributed by atoms with van der Waals surface area (Å²) in [5.74, 6) is 0.0610. The van der Waals surface area contributed by atoms with Gasteiger partial charge in [0, 0.05) is 18.9 Å². The maximum atomic E-state index is 12.4. The Balaban J connectivity index is 2.37. The molecule has 0 amide bonds. The van der Waals surface area contributed by atoms with E-state index in [1.54, 1.807) is 25.1 Å². The summed E-state index contributed by atoms with van der Waals surface area (Å²) in [4.78, 5) is 7.96. The third-order valence-electron chi connectivity index (χ3n) is 2.84. The van der Waals surface area contributed by atoms with Crippen molar-refractivity contribution in [1.82, 2.24) is 15.3 Å². The van der Waals surface area contributed by atoms with E-state index in [1.165, 1.54) is 12.4 Å². The minimum Gasteiger partial charge on any atom is -0.316 e. The molecule has 0 saturated heterocycles. The first-order valence-electron chi connectivity index (χ1n) is 6.07. The molecule has 2 rings (SSSR count). The number of hydrogen-bond donors (Lipinski definition) is 2. The number of sulfonamides is 1. The number of aromatic nitrogens is 2. The van der Waals surface area contributed by atoms with E-state index in [0.29, 0.717) is 12.1 Å². The van der Waals surface area contributed by atoms with Crippen LogP contribution in [0.3, 0.4) is 0 Å². The predicted octanol–water partition coefficient (Wildman–Crippen LogP) is 1.31. The monoisotopic (exact) mass is 292 g/mol. The van der Waals surface area contributed by atoms with Crippen LogP contribution in [0.1, 0.15) is 11.1 Å². The quantitative estimate of drug-likeness (QED) is 0.868. The summed E-state index contributed by atoms with van der Waals surface area (Å²) in [6, 6.07) is 6.81. The van der Waals surface area contributed by atoms with Crippen LogP contribution in [0.4, 0.5) is 5.95 Å². The van der Waals surface area contributed by atoms with Gasteiger partial charge in [0.1, 0.15) is 0 Å². The summed E-state index contributed by atoms with van der Waals surface area (Å²) in [5, 5.41) is 3.01. The maximum Gasteiger partial charge on any atom is 0.264 e. The standard InChI is InChI=1S/C13H16N4O2S/c1-10-11(9-14-2)5-3-6-12(10)20(18,19)17-13-15-7-4-8-16-13/h3-8,14H,9H2,1-2H3,(H,15,16,17). The van der Waals surface area contributed by atoms with E-state index in [1.807, 2.05) is 13.1 Å². The number of benzene rings is 1. The number of nitrogens with one attached hydrogen (secondary N) is 2. The van der Waals surface area contributed by atoms with Crippen molar-refractivity contribution in [3.05, 3.63) is 47.8 Å². The predicted molar refractivity (Wildman–Crippen MR) is 76.8 cm³/mol. The summed E-state index contributed by atoms with van der Waals surface area (Å²) in [7, 11) is -1.87. The molecule has 0 saturated carbocycles. The van der Waals surface area contributed by atoms with Gasteiger partial charge in [0.15, 0.2) is 0 Å². The second-order valence-electron chi connectivity index (χ2n) is 4.25. The molecule has 0 bridgehead atoms. The zero-order chi connectivity index (χ0) is 14.6. The van der Waals surface area contributed by atoms with Crippen LogP contribution >= 0.6 is 0 Å². The van der Waals surface area contributed by atoms with Gasteiger partial charge in [-0.2, -0.15) is 0 Å². The Labute approximate surface area is 118 Å². The van der Waals surface area contributed by atoms with Crippen LogP contribution in [-0.4, -0.2) is 25.4 Å². The molecule has 106 valence electrons. The van der Waals surface area contributed by atoms with Gasteiger partial charge in [-0.15, -0.1) is 0 Å². The average molecular weight is 292 g/mol. The highest BCUT2D eigenvalue weighted by Crippen LogP contribution is 2.20. The van der Waals surface area contributed by atoms with Crippen LogP contribution < -0.4 is 10.0 Å². The summed E-state index contributed by atoms with van der Waals surface area (Å²) >= 11 is 0. The summed E-state index contributed by atoms with van der Waals surface area (Å²) in [5.41, 5.74) is 1.65. The van der Waals surface area contributed by atoms with Crippen LogP contribution in [0.15, 0.2) is 41.6 Å². The van der Waals surface area contributed by atoms with Crippen molar-refractivity contribution in [3.63, 3.8) is 0 Å². The molecule has 7 heteroatoms. The van der Waals surface area contributed by atoms with E-state index < -0.39 is 10.0 Å². The summed E-state index contributed by atoms with van der Waals surface area (Å²) in [6.07, 6.45) is 2.96. The first kappa shape index (κ1) is 14.4. The molecule has 1 aromatic heterocycles. The molecule has 6 nitrogen and oxygen atoms in total. The van der Waals surface area contributed by atoms with Crippen molar-refractivity contribution in [1.29, 1.82) is 0 Å². The fraction of sp³-hybridized carbons (Fsp3) is 0.231. The van der Waals surface area contributed by atoms with Crippen molar-refractivity contribution < 1.29 is 8.42 Å². The van der Waals surface area contributed by atoms with E-state index in [4.69, 9.17) is 0 Å². The number of anilines is 1. The molecule has 0 aliphatic heterocycles. The molecule has 2 aromatic rings. The van der Waals surface area contributed by atoms with Gasteiger partial charge in [0.05, 0.1) is 4.90 Å². The first-order valence-corrected chi connectivity index (χ1v) is 7.56. The molecule has 0 unspecified atom stereocenters. The van der Waals surface area contributed by atoms with Crippen molar-refractivity contribution in [3.8, 4) is 0 Å². The van der Waals surface area contributed by atoms with Crippen LogP contribution in [0.5, 0.6) is 0 Å². The van der Waals surface area contributed by atoms with Gasteiger partial charge < -0.3 is 5.32 Å². The zero-order valence-corrected chi connectivity index (χ0v) is 12.1. The fourth-order valence-corrected chi connectivity index (χ4v) is 3.11. The number of rotatable bonds is 5. The Bertz CT molecular complexity index is 687. The number of hydrogen-bond acceptors (Lipinski definition) is 5. The van der Waals surface area contributed by atoms with Gasteiger partial charge >= 0.3 is 0 Å². The molecule has 0 aliphatic carbocycles. The van der Waals surface area contributed by atoms with E-state index >= 15 is 0 Å². The molecule has 0 aliphatic rings. The van der Waals surface area contributed by atoms with Crippen molar-refractivity contribution >= 4 is 16.0 Å². The van der Waals surface area contributed by atoms with E-state index in [9.17, 15) is 8.42 Å². The largest absolute Gasteiger partial charge is 0.316 e. The third-order valence-corrected chi connectivity index (χ3v) is 4.32. The molecule has 1 aromatic carbocycles. The second kappa shape index (κ2) is 5.98. The smallest absolute Gasteiger partial charge is 0.264 e. The Kier molecular flexibility index (Phi) is 4.31. The Morgan fingerprint density at radius 3 is 2.50 bits per heavy atom. The lowest BCUT2D eigenvalue weighted by Crippen LogP contribution is -2.17. The molecular formula is C13H16N4O2S. The summed E-state index contributed by atoms with van der Waals surface area (Å²) in [6.45, 7) is 2.39. The fourth-order valence-electron chi connectivity index (χ4n) is 1.86. The van der Waals surface area contributed by atoms with Gasteiger partial charge in [-0.1, -0.05) is 12.1 Å². The first-order chi connectivity index (χ1) is 9.54. The lowest BCUT2D eigenvalue weighted by atomic mass is 10.1. The Morgan fingerprint density at radius 1 is 1.15 bits per heavy atom. The molecule has 1 heterocycles. The van der Waals surface area contributed by atoms with Crippen LogP contribution in [0.25, 0.3) is 0 Å². The topological polar surface area (TPSA) is 84.0 Å². The average Bonchev–Trinajstić information content (AvgIpc) is 2.42. The summed E-state index contributed by atoms with van der Waals surface area (Å²) < 4.78 is 27.1. The van der Waals surface area contributed by atoms with Crippen LogP contribution in [0.2, 0.25) is 0 Å². The van der Waals surface area contributed by atoms with E-state index in [-0.39, 0.29) is 10.8 Å². The van der Waals surface area contributed by atoms with E-state index in [0.717, 1.165) is 5.56 Å². The van der Waals surface area contributed by atoms with Crippen molar-refractivity contribution in [2.45, 2.75) is 18.4 Å². The van der Waals surface area contributed by atoms with Crippen LogP contribution in [-0.2, 0) is 16.6 Å². The molecule has 0 fully saturated rings.